The fourth-order valence-corrected chi connectivity index (χ4v) is 2.84. The van der Waals surface area contributed by atoms with Crippen LogP contribution in [0.4, 0.5) is 11.6 Å². The van der Waals surface area contributed by atoms with Gasteiger partial charge in [0.25, 0.3) is 5.91 Å². The summed E-state index contributed by atoms with van der Waals surface area (Å²) in [5.41, 5.74) is 1.64. The van der Waals surface area contributed by atoms with Gasteiger partial charge in [-0.25, -0.2) is 15.0 Å². The van der Waals surface area contributed by atoms with Gasteiger partial charge < -0.3 is 10.2 Å². The average molecular weight is 347 g/mol. The van der Waals surface area contributed by atoms with E-state index in [-0.39, 0.29) is 5.91 Å². The first-order chi connectivity index (χ1) is 12.8. The molecule has 4 heterocycles. The van der Waals surface area contributed by atoms with E-state index in [9.17, 15) is 4.79 Å². The Morgan fingerprint density at radius 3 is 2.62 bits per heavy atom. The van der Waals surface area contributed by atoms with Crippen molar-refractivity contribution in [1.82, 2.24) is 29.8 Å². The van der Waals surface area contributed by atoms with Crippen molar-refractivity contribution in [2.75, 3.05) is 18.4 Å². The topological polar surface area (TPSA) is 96.8 Å². The number of carbonyl (C=O) groups is 1. The van der Waals surface area contributed by atoms with E-state index in [4.69, 9.17) is 0 Å². The molecule has 0 saturated carbocycles. The number of amides is 1. The van der Waals surface area contributed by atoms with Crippen molar-refractivity contribution in [3.8, 4) is 11.4 Å². The first-order valence-corrected chi connectivity index (χ1v) is 8.42. The van der Waals surface area contributed by atoms with E-state index in [0.29, 0.717) is 23.0 Å². The van der Waals surface area contributed by atoms with Gasteiger partial charge in [-0.1, -0.05) is 6.07 Å². The molecule has 0 aromatic carbocycles. The van der Waals surface area contributed by atoms with Crippen LogP contribution in [0.2, 0.25) is 0 Å². The van der Waals surface area contributed by atoms with Crippen molar-refractivity contribution >= 4 is 17.5 Å². The van der Waals surface area contributed by atoms with Crippen LogP contribution in [0.25, 0.3) is 11.4 Å². The molecule has 4 rings (SSSR count). The van der Waals surface area contributed by atoms with E-state index in [1.807, 2.05) is 18.2 Å². The van der Waals surface area contributed by atoms with Crippen molar-refractivity contribution in [2.24, 2.45) is 0 Å². The van der Waals surface area contributed by atoms with Gasteiger partial charge in [0.05, 0.1) is 18.1 Å². The van der Waals surface area contributed by atoms with Crippen molar-refractivity contribution in [3.63, 3.8) is 0 Å². The van der Waals surface area contributed by atoms with Crippen LogP contribution in [0.5, 0.6) is 0 Å². The number of carbonyl (C=O) groups excluding carboxylic acids is 1. The SMILES string of the molecule is O=C(c1nccnc1Nc1cncc(-c2ccccn2)n1)N1CCCC1. The lowest BCUT2D eigenvalue weighted by atomic mass is 10.3. The maximum absolute atomic E-state index is 12.7. The number of hydrogen-bond donors (Lipinski definition) is 1. The zero-order valence-electron chi connectivity index (χ0n) is 14.0. The predicted octanol–water partition coefficient (Wildman–Crippen LogP) is 2.31. The molecule has 26 heavy (non-hydrogen) atoms. The monoisotopic (exact) mass is 347 g/mol. The summed E-state index contributed by atoms with van der Waals surface area (Å²) in [5, 5.41) is 3.06. The Morgan fingerprint density at radius 2 is 1.81 bits per heavy atom. The van der Waals surface area contributed by atoms with E-state index in [1.165, 1.54) is 6.20 Å². The average Bonchev–Trinajstić information content (AvgIpc) is 3.24. The normalized spacial score (nSPS) is 13.6. The number of likely N-dealkylation sites (tertiary alicyclic amines) is 1. The summed E-state index contributed by atoms with van der Waals surface area (Å²) >= 11 is 0. The number of pyridine rings is 1. The Morgan fingerprint density at radius 1 is 0.962 bits per heavy atom. The smallest absolute Gasteiger partial charge is 0.276 e. The van der Waals surface area contributed by atoms with Gasteiger partial charge in [0, 0.05) is 31.7 Å². The third kappa shape index (κ3) is 3.34. The molecule has 3 aromatic heterocycles. The van der Waals surface area contributed by atoms with E-state index in [1.54, 1.807) is 29.7 Å². The summed E-state index contributed by atoms with van der Waals surface area (Å²) in [5.74, 6) is 0.730. The quantitative estimate of drug-likeness (QED) is 0.773. The van der Waals surface area contributed by atoms with Gasteiger partial charge in [0.2, 0.25) is 0 Å². The largest absolute Gasteiger partial charge is 0.337 e. The minimum Gasteiger partial charge on any atom is -0.337 e. The Hall–Kier alpha value is -3.42. The van der Waals surface area contributed by atoms with Crippen LogP contribution in [0.3, 0.4) is 0 Å². The van der Waals surface area contributed by atoms with Gasteiger partial charge in [0.1, 0.15) is 5.69 Å². The first kappa shape index (κ1) is 16.1. The summed E-state index contributed by atoms with van der Waals surface area (Å²) in [6, 6.07) is 5.59. The molecule has 1 amide bonds. The maximum Gasteiger partial charge on any atom is 0.276 e. The number of nitrogens with one attached hydrogen (secondary N) is 1. The van der Waals surface area contributed by atoms with E-state index in [0.717, 1.165) is 31.6 Å². The Bertz CT molecular complexity index is 910. The van der Waals surface area contributed by atoms with Crippen molar-refractivity contribution in [1.29, 1.82) is 0 Å². The summed E-state index contributed by atoms with van der Waals surface area (Å²) in [6.07, 6.45) is 10.0. The minimum absolute atomic E-state index is 0.119. The summed E-state index contributed by atoms with van der Waals surface area (Å²) in [4.78, 5) is 36.0. The molecular weight excluding hydrogens is 330 g/mol. The second kappa shape index (κ2) is 7.22. The molecule has 1 N–H and O–H groups in total. The lowest BCUT2D eigenvalue weighted by molar-refractivity contribution is 0.0787. The molecule has 0 aliphatic carbocycles. The van der Waals surface area contributed by atoms with Crippen molar-refractivity contribution in [3.05, 3.63) is 54.9 Å². The van der Waals surface area contributed by atoms with Gasteiger partial charge in [-0.3, -0.25) is 14.8 Å². The molecule has 0 bridgehead atoms. The fraction of sp³-hybridized carbons (Fsp3) is 0.222. The molecule has 0 spiro atoms. The Labute approximate surface area is 150 Å². The molecule has 8 heteroatoms. The fourth-order valence-electron chi connectivity index (χ4n) is 2.84. The molecule has 0 atom stereocenters. The number of hydrogen-bond acceptors (Lipinski definition) is 7. The highest BCUT2D eigenvalue weighted by Crippen LogP contribution is 2.20. The summed E-state index contributed by atoms with van der Waals surface area (Å²) in [7, 11) is 0. The van der Waals surface area contributed by atoms with E-state index in [2.05, 4.69) is 30.2 Å². The molecular formula is C18H17N7O. The molecule has 1 aliphatic rings. The lowest BCUT2D eigenvalue weighted by Crippen LogP contribution is -2.29. The summed E-state index contributed by atoms with van der Waals surface area (Å²) < 4.78 is 0. The molecule has 1 aliphatic heterocycles. The zero-order valence-corrected chi connectivity index (χ0v) is 14.0. The third-order valence-electron chi connectivity index (χ3n) is 4.10. The zero-order chi connectivity index (χ0) is 17.8. The predicted molar refractivity (Wildman–Crippen MR) is 95.7 cm³/mol. The summed E-state index contributed by atoms with van der Waals surface area (Å²) in [6.45, 7) is 1.51. The van der Waals surface area contributed by atoms with Crippen molar-refractivity contribution < 1.29 is 4.79 Å². The molecule has 1 saturated heterocycles. The van der Waals surface area contributed by atoms with Gasteiger partial charge in [0.15, 0.2) is 17.3 Å². The molecule has 3 aromatic rings. The molecule has 130 valence electrons. The Balaban J connectivity index is 1.61. The maximum atomic E-state index is 12.7. The van der Waals surface area contributed by atoms with Gasteiger partial charge in [-0.15, -0.1) is 0 Å². The molecule has 8 nitrogen and oxygen atoms in total. The van der Waals surface area contributed by atoms with Crippen LogP contribution in [0.15, 0.2) is 49.2 Å². The van der Waals surface area contributed by atoms with Gasteiger partial charge >= 0.3 is 0 Å². The van der Waals surface area contributed by atoms with Crippen LogP contribution < -0.4 is 5.32 Å². The highest BCUT2D eigenvalue weighted by Gasteiger charge is 2.24. The van der Waals surface area contributed by atoms with Crippen LogP contribution >= 0.6 is 0 Å². The van der Waals surface area contributed by atoms with Gasteiger partial charge in [-0.2, -0.15) is 0 Å². The molecule has 0 unspecified atom stereocenters. The van der Waals surface area contributed by atoms with Crippen molar-refractivity contribution in [2.45, 2.75) is 12.8 Å². The highest BCUT2D eigenvalue weighted by molar-refractivity contribution is 5.97. The van der Waals surface area contributed by atoms with Gasteiger partial charge in [-0.05, 0) is 25.0 Å². The van der Waals surface area contributed by atoms with E-state index >= 15 is 0 Å². The van der Waals surface area contributed by atoms with Crippen LogP contribution in [0.1, 0.15) is 23.3 Å². The third-order valence-corrected chi connectivity index (χ3v) is 4.10. The second-order valence-electron chi connectivity index (χ2n) is 5.88. The number of nitrogens with zero attached hydrogens (tertiary/aromatic N) is 6. The lowest BCUT2D eigenvalue weighted by Gasteiger charge is -2.16. The molecule has 0 radical (unpaired) electrons. The minimum atomic E-state index is -0.119. The number of aromatic nitrogens is 5. The Kier molecular flexibility index (Phi) is 4.46. The van der Waals surface area contributed by atoms with Crippen LogP contribution in [-0.4, -0.2) is 48.8 Å². The van der Waals surface area contributed by atoms with Crippen LogP contribution in [-0.2, 0) is 0 Å². The highest BCUT2D eigenvalue weighted by atomic mass is 16.2. The number of rotatable bonds is 4. The standard InChI is InChI=1S/C18H17N7O/c26-18(25-9-3-4-10-25)16-17(22-8-7-21-16)24-15-12-19-11-14(23-15)13-5-1-2-6-20-13/h1-2,5-8,11-12H,3-4,9-10H2,(H,22,23,24). The van der Waals surface area contributed by atoms with E-state index < -0.39 is 0 Å². The number of anilines is 2. The first-order valence-electron chi connectivity index (χ1n) is 8.42. The van der Waals surface area contributed by atoms with Crippen LogP contribution in [0, 0.1) is 0 Å². The molecule has 1 fully saturated rings. The second-order valence-corrected chi connectivity index (χ2v) is 5.88.